The van der Waals surface area contributed by atoms with Gasteiger partial charge >= 0.3 is 12.1 Å². The third-order valence-electron chi connectivity index (χ3n) is 6.72. The van der Waals surface area contributed by atoms with Crippen molar-refractivity contribution in [2.24, 2.45) is 0 Å². The molecule has 42 heavy (non-hydrogen) atoms. The Balaban J connectivity index is 1.38. The number of carbonyl (C=O) groups excluding carboxylic acids is 2. The average molecular weight is 602 g/mol. The molecule has 2 heterocycles. The SMILES string of the molecule is CC(C)(C)OC(=O)NC(CC(=O)N1CCC[C@H]1CNc1nc(-c2ccc(S(C)(=O)=O)cc2)no1)Cc1ccccc1F. The normalized spacial score (nSPS) is 16.2. The molecular weight excluding hydrogens is 565 g/mol. The number of likely N-dealkylation sites (tertiary alicyclic amines) is 1. The Labute approximate surface area is 244 Å². The van der Waals surface area contributed by atoms with Crippen molar-refractivity contribution in [2.45, 2.75) is 69.0 Å². The molecule has 0 radical (unpaired) electrons. The highest BCUT2D eigenvalue weighted by Crippen LogP contribution is 2.23. The predicted octanol–water partition coefficient (Wildman–Crippen LogP) is 4.21. The molecule has 4 rings (SSSR count). The van der Waals surface area contributed by atoms with E-state index >= 15 is 0 Å². The van der Waals surface area contributed by atoms with Crippen molar-refractivity contribution >= 4 is 27.9 Å². The maximum atomic E-state index is 14.4. The van der Waals surface area contributed by atoms with Crippen LogP contribution >= 0.6 is 0 Å². The van der Waals surface area contributed by atoms with Crippen molar-refractivity contribution in [1.29, 1.82) is 0 Å². The summed E-state index contributed by atoms with van der Waals surface area (Å²) < 4.78 is 48.5. The van der Waals surface area contributed by atoms with Crippen molar-refractivity contribution in [3.05, 3.63) is 59.9 Å². The molecule has 2 aromatic carbocycles. The van der Waals surface area contributed by atoms with E-state index in [1.54, 1.807) is 56.0 Å². The molecule has 1 fully saturated rings. The third kappa shape index (κ3) is 8.51. The van der Waals surface area contributed by atoms with Crippen molar-refractivity contribution in [3.63, 3.8) is 0 Å². The number of hydrogen-bond donors (Lipinski definition) is 2. The maximum Gasteiger partial charge on any atom is 0.407 e. The Kier molecular flexibility index (Phi) is 9.50. The molecule has 2 amide bonds. The molecule has 2 N–H and O–H groups in total. The predicted molar refractivity (Wildman–Crippen MR) is 154 cm³/mol. The van der Waals surface area contributed by atoms with Crippen molar-refractivity contribution in [1.82, 2.24) is 20.4 Å². The molecular formula is C29H36FN5O6S. The van der Waals surface area contributed by atoms with Gasteiger partial charge in [0.1, 0.15) is 11.4 Å². The van der Waals surface area contributed by atoms with Gasteiger partial charge in [-0.15, -0.1) is 0 Å². The van der Waals surface area contributed by atoms with Gasteiger partial charge in [-0.1, -0.05) is 23.4 Å². The summed E-state index contributed by atoms with van der Waals surface area (Å²) >= 11 is 0. The molecule has 0 saturated carbocycles. The lowest BCUT2D eigenvalue weighted by molar-refractivity contribution is -0.132. The summed E-state index contributed by atoms with van der Waals surface area (Å²) in [4.78, 5) is 32.2. The number of rotatable bonds is 10. The molecule has 0 aliphatic carbocycles. The lowest BCUT2D eigenvalue weighted by atomic mass is 10.0. The molecule has 0 spiro atoms. The highest BCUT2D eigenvalue weighted by Gasteiger charge is 2.31. The first kappa shape index (κ1) is 30.9. The zero-order valence-electron chi connectivity index (χ0n) is 24.1. The first-order chi connectivity index (χ1) is 19.8. The van der Waals surface area contributed by atoms with Crippen LogP contribution in [0, 0.1) is 5.82 Å². The van der Waals surface area contributed by atoms with Gasteiger partial charge < -0.3 is 24.8 Å². The number of hydrogen-bond acceptors (Lipinski definition) is 9. The minimum atomic E-state index is -3.32. The molecule has 1 aliphatic rings. The third-order valence-corrected chi connectivity index (χ3v) is 7.85. The highest BCUT2D eigenvalue weighted by atomic mass is 32.2. The Morgan fingerprint density at radius 2 is 1.88 bits per heavy atom. The van der Waals surface area contributed by atoms with Crippen LogP contribution in [0.5, 0.6) is 0 Å². The van der Waals surface area contributed by atoms with Gasteiger partial charge in [-0.05, 0) is 75.9 Å². The number of alkyl carbamates (subject to hydrolysis) is 1. The summed E-state index contributed by atoms with van der Waals surface area (Å²) in [6.45, 7) is 6.13. The van der Waals surface area contributed by atoms with E-state index in [1.165, 1.54) is 18.2 Å². The smallest absolute Gasteiger partial charge is 0.407 e. The van der Waals surface area contributed by atoms with Crippen LogP contribution in [-0.4, -0.2) is 72.5 Å². The van der Waals surface area contributed by atoms with E-state index in [9.17, 15) is 22.4 Å². The fourth-order valence-electron chi connectivity index (χ4n) is 4.75. The van der Waals surface area contributed by atoms with E-state index in [0.29, 0.717) is 30.0 Å². The topological polar surface area (TPSA) is 144 Å². The minimum Gasteiger partial charge on any atom is -0.444 e. The largest absolute Gasteiger partial charge is 0.444 e. The van der Waals surface area contributed by atoms with E-state index in [1.807, 2.05) is 0 Å². The maximum absolute atomic E-state index is 14.4. The molecule has 1 aliphatic heterocycles. The van der Waals surface area contributed by atoms with Crippen LogP contribution < -0.4 is 10.6 Å². The molecule has 2 atom stereocenters. The van der Waals surface area contributed by atoms with Gasteiger partial charge in [-0.2, -0.15) is 4.98 Å². The average Bonchev–Trinajstić information content (AvgIpc) is 3.57. The zero-order chi connectivity index (χ0) is 30.5. The van der Waals surface area contributed by atoms with Crippen LogP contribution in [0.25, 0.3) is 11.4 Å². The Bertz CT molecular complexity index is 1500. The molecule has 1 unspecified atom stereocenters. The number of benzene rings is 2. The molecule has 226 valence electrons. The summed E-state index contributed by atoms with van der Waals surface area (Å²) in [5.74, 6) is -0.288. The standard InChI is InChI=1S/C29H36FN5O6S/c1-29(2,3)40-28(37)32-21(16-20-8-5-6-10-24(20)30)17-25(36)35-15-7-9-22(35)18-31-27-33-26(34-41-27)19-11-13-23(14-12-19)42(4,38)39/h5-6,8,10-14,21-22H,7,9,15-18H2,1-4H3,(H,32,37)(H,31,33,34)/t21?,22-/m0/s1. The molecule has 1 aromatic heterocycles. The van der Waals surface area contributed by atoms with E-state index < -0.39 is 33.4 Å². The van der Waals surface area contributed by atoms with Gasteiger partial charge in [0.25, 0.3) is 0 Å². The number of sulfone groups is 1. The second kappa shape index (κ2) is 12.9. The van der Waals surface area contributed by atoms with Gasteiger partial charge in [0, 0.05) is 43.4 Å². The highest BCUT2D eigenvalue weighted by molar-refractivity contribution is 7.90. The van der Waals surface area contributed by atoms with Crippen molar-refractivity contribution in [2.75, 3.05) is 24.7 Å². The number of aromatic nitrogens is 2. The first-order valence-electron chi connectivity index (χ1n) is 13.7. The monoisotopic (exact) mass is 601 g/mol. The van der Waals surface area contributed by atoms with Crippen LogP contribution in [0.3, 0.4) is 0 Å². The lowest BCUT2D eigenvalue weighted by Crippen LogP contribution is -2.46. The van der Waals surface area contributed by atoms with Gasteiger partial charge in [0.15, 0.2) is 9.84 Å². The van der Waals surface area contributed by atoms with E-state index in [2.05, 4.69) is 20.8 Å². The van der Waals surface area contributed by atoms with Crippen LogP contribution in [0.2, 0.25) is 0 Å². The van der Waals surface area contributed by atoms with Crippen molar-refractivity contribution < 1.29 is 31.7 Å². The van der Waals surface area contributed by atoms with Gasteiger partial charge in [-0.3, -0.25) is 4.79 Å². The summed E-state index contributed by atoms with van der Waals surface area (Å²) in [5.41, 5.74) is 0.260. The molecule has 0 bridgehead atoms. The number of ether oxygens (including phenoxy) is 1. The molecule has 13 heteroatoms. The summed E-state index contributed by atoms with van der Waals surface area (Å²) in [5, 5.41) is 9.79. The fraction of sp³-hybridized carbons (Fsp3) is 0.448. The summed E-state index contributed by atoms with van der Waals surface area (Å²) in [6, 6.07) is 11.8. The Hall–Kier alpha value is -4.00. The quantitative estimate of drug-likeness (QED) is 0.349. The zero-order valence-corrected chi connectivity index (χ0v) is 24.9. The van der Waals surface area contributed by atoms with Crippen molar-refractivity contribution in [3.8, 4) is 11.4 Å². The molecule has 1 saturated heterocycles. The van der Waals surface area contributed by atoms with E-state index in [0.717, 1.165) is 19.1 Å². The Morgan fingerprint density at radius 1 is 1.17 bits per heavy atom. The van der Waals surface area contributed by atoms with Gasteiger partial charge in [-0.25, -0.2) is 17.6 Å². The van der Waals surface area contributed by atoms with Gasteiger partial charge in [0.2, 0.25) is 11.7 Å². The molecule has 3 aromatic rings. The number of halogens is 1. The number of carbonyl (C=O) groups is 2. The second-order valence-electron chi connectivity index (χ2n) is 11.3. The number of nitrogens with zero attached hydrogens (tertiary/aromatic N) is 3. The van der Waals surface area contributed by atoms with Crippen LogP contribution in [-0.2, 0) is 25.8 Å². The van der Waals surface area contributed by atoms with E-state index in [4.69, 9.17) is 9.26 Å². The number of nitrogens with one attached hydrogen (secondary N) is 2. The minimum absolute atomic E-state index is 0.0295. The molecule has 11 nitrogen and oxygen atoms in total. The van der Waals surface area contributed by atoms with E-state index in [-0.39, 0.29) is 35.7 Å². The van der Waals surface area contributed by atoms with Crippen LogP contribution in [0.4, 0.5) is 15.2 Å². The number of anilines is 1. The lowest BCUT2D eigenvalue weighted by Gasteiger charge is -2.28. The Morgan fingerprint density at radius 3 is 2.55 bits per heavy atom. The second-order valence-corrected chi connectivity index (χ2v) is 13.3. The van der Waals surface area contributed by atoms with Gasteiger partial charge in [0.05, 0.1) is 4.90 Å². The van der Waals surface area contributed by atoms with Crippen LogP contribution in [0.1, 0.15) is 45.6 Å². The van der Waals surface area contributed by atoms with Crippen LogP contribution in [0.15, 0.2) is 57.9 Å². The fourth-order valence-corrected chi connectivity index (χ4v) is 5.38. The first-order valence-corrected chi connectivity index (χ1v) is 15.6. The number of amides is 2. The summed E-state index contributed by atoms with van der Waals surface area (Å²) in [7, 11) is -3.32. The summed E-state index contributed by atoms with van der Waals surface area (Å²) in [6.07, 6.45) is 2.12.